The molecule has 0 aliphatic rings. The topological polar surface area (TPSA) is 66.8 Å². The van der Waals surface area contributed by atoms with E-state index in [1.165, 1.54) is 19.3 Å². The second-order valence-electron chi connectivity index (χ2n) is 3.92. The number of aliphatic carboxylic acids is 1. The lowest BCUT2D eigenvalue weighted by Gasteiger charge is -2.05. The van der Waals surface area contributed by atoms with Crippen LogP contribution >= 0.6 is 0 Å². The Kier molecular flexibility index (Phi) is 9.45. The van der Waals surface area contributed by atoms with E-state index in [9.17, 15) is 0 Å². The summed E-state index contributed by atoms with van der Waals surface area (Å²) in [6, 6.07) is 6.85. The van der Waals surface area contributed by atoms with Gasteiger partial charge in [-0.25, -0.2) is 0 Å². The maximum Gasteiger partial charge on any atom is 0.300 e. The Morgan fingerprint density at radius 3 is 2.22 bits per heavy atom. The lowest BCUT2D eigenvalue weighted by molar-refractivity contribution is -0.134. The number of carbonyl (C=O) groups is 1. The first kappa shape index (κ1) is 16.3. The molecule has 0 unspecified atom stereocenters. The van der Waals surface area contributed by atoms with Crippen LogP contribution < -0.4 is 4.74 Å². The van der Waals surface area contributed by atoms with Crippen molar-refractivity contribution in [1.82, 2.24) is 0 Å². The van der Waals surface area contributed by atoms with Gasteiger partial charge in [-0.3, -0.25) is 4.79 Å². The zero-order valence-electron chi connectivity index (χ0n) is 11.1. The predicted molar refractivity (Wildman–Crippen MR) is 71.1 cm³/mol. The highest BCUT2D eigenvalue weighted by Crippen LogP contribution is 2.16. The van der Waals surface area contributed by atoms with Crippen LogP contribution in [-0.2, 0) is 4.79 Å². The van der Waals surface area contributed by atoms with E-state index in [0.717, 1.165) is 25.7 Å². The smallest absolute Gasteiger partial charge is 0.300 e. The maximum absolute atomic E-state index is 9.04. The Bertz CT molecular complexity index is 315. The van der Waals surface area contributed by atoms with Gasteiger partial charge in [0.25, 0.3) is 5.97 Å². The number of unbranched alkanes of at least 4 members (excludes halogenated alkanes) is 3. The highest BCUT2D eigenvalue weighted by molar-refractivity contribution is 5.62. The Hall–Kier alpha value is -1.71. The minimum atomic E-state index is -0.833. The van der Waals surface area contributed by atoms with Crippen molar-refractivity contribution in [3.05, 3.63) is 24.3 Å². The number of phenolic OH excluding ortho intramolecular Hbond substituents is 1. The third-order valence-electron chi connectivity index (χ3n) is 2.10. The van der Waals surface area contributed by atoms with Crippen LogP contribution in [0, 0.1) is 0 Å². The largest absolute Gasteiger partial charge is 0.508 e. The van der Waals surface area contributed by atoms with Crippen LogP contribution in [0.25, 0.3) is 0 Å². The predicted octanol–water partition coefficient (Wildman–Crippen LogP) is 3.44. The summed E-state index contributed by atoms with van der Waals surface area (Å²) in [6.07, 6.45) is 4.86. The second-order valence-corrected chi connectivity index (χ2v) is 3.92. The van der Waals surface area contributed by atoms with Crippen molar-refractivity contribution < 1.29 is 19.7 Å². The van der Waals surface area contributed by atoms with Crippen LogP contribution in [0.4, 0.5) is 0 Å². The van der Waals surface area contributed by atoms with Crippen molar-refractivity contribution in [1.29, 1.82) is 0 Å². The van der Waals surface area contributed by atoms with Crippen LogP contribution in [0.15, 0.2) is 24.3 Å². The number of hydrogen-bond donors (Lipinski definition) is 2. The molecule has 0 amide bonds. The van der Waals surface area contributed by atoms with Gasteiger partial charge in [-0.2, -0.15) is 0 Å². The van der Waals surface area contributed by atoms with Crippen LogP contribution in [0.5, 0.6) is 11.5 Å². The third kappa shape index (κ3) is 10.8. The normalized spacial score (nSPS) is 9.22. The molecule has 0 aromatic heterocycles. The van der Waals surface area contributed by atoms with Crippen molar-refractivity contribution >= 4 is 5.97 Å². The first-order chi connectivity index (χ1) is 8.56. The molecule has 0 heterocycles. The molecule has 1 aromatic carbocycles. The first-order valence-electron chi connectivity index (χ1n) is 6.17. The van der Waals surface area contributed by atoms with Crippen LogP contribution in [0.2, 0.25) is 0 Å². The fourth-order valence-electron chi connectivity index (χ4n) is 1.26. The molecule has 0 bridgehead atoms. The molecule has 0 aliphatic heterocycles. The van der Waals surface area contributed by atoms with Crippen molar-refractivity contribution in [2.24, 2.45) is 0 Å². The van der Waals surface area contributed by atoms with E-state index < -0.39 is 5.97 Å². The fourth-order valence-corrected chi connectivity index (χ4v) is 1.26. The summed E-state index contributed by atoms with van der Waals surface area (Å²) in [5.74, 6) is 0.280. The summed E-state index contributed by atoms with van der Waals surface area (Å²) in [5, 5.41) is 16.5. The number of carboxylic acid groups (broad SMARTS) is 1. The Balaban J connectivity index is 0.000000631. The molecular formula is C14H22O4. The van der Waals surface area contributed by atoms with Crippen LogP contribution in [0.1, 0.15) is 39.5 Å². The summed E-state index contributed by atoms with van der Waals surface area (Å²) >= 11 is 0. The standard InChI is InChI=1S/C12H18O2.C2H4O2/c1-2-3-4-5-10-14-12-8-6-11(13)7-9-12;1-2(3)4/h6-9,13H,2-5,10H2,1H3;1H3,(H,3,4). The summed E-state index contributed by atoms with van der Waals surface area (Å²) in [4.78, 5) is 9.00. The molecule has 0 spiro atoms. The highest BCUT2D eigenvalue weighted by Gasteiger charge is 1.93. The molecule has 2 N–H and O–H groups in total. The van der Waals surface area contributed by atoms with Gasteiger partial charge in [-0.15, -0.1) is 0 Å². The van der Waals surface area contributed by atoms with E-state index >= 15 is 0 Å². The second kappa shape index (κ2) is 10.4. The molecule has 1 aromatic rings. The molecular weight excluding hydrogens is 232 g/mol. The van der Waals surface area contributed by atoms with Crippen molar-refractivity contribution in [2.45, 2.75) is 39.5 Å². The van der Waals surface area contributed by atoms with E-state index in [4.69, 9.17) is 19.7 Å². The Morgan fingerprint density at radius 1 is 1.17 bits per heavy atom. The highest BCUT2D eigenvalue weighted by atomic mass is 16.5. The van der Waals surface area contributed by atoms with Gasteiger partial charge in [0.05, 0.1) is 6.61 Å². The summed E-state index contributed by atoms with van der Waals surface area (Å²) < 4.78 is 5.50. The van der Waals surface area contributed by atoms with Gasteiger partial charge >= 0.3 is 0 Å². The summed E-state index contributed by atoms with van der Waals surface area (Å²) in [7, 11) is 0. The van der Waals surface area contributed by atoms with E-state index in [1.807, 2.05) is 0 Å². The van der Waals surface area contributed by atoms with Gasteiger partial charge in [0.2, 0.25) is 0 Å². The SMILES string of the molecule is CC(=O)O.CCCCCCOc1ccc(O)cc1. The number of ether oxygens (including phenoxy) is 1. The van der Waals surface area contributed by atoms with Crippen molar-refractivity contribution in [3.63, 3.8) is 0 Å². The fraction of sp³-hybridized carbons (Fsp3) is 0.500. The molecule has 0 aliphatic carbocycles. The van der Waals surface area contributed by atoms with Gasteiger partial charge in [-0.1, -0.05) is 26.2 Å². The van der Waals surface area contributed by atoms with Gasteiger partial charge in [0, 0.05) is 6.92 Å². The van der Waals surface area contributed by atoms with Gasteiger partial charge < -0.3 is 14.9 Å². The van der Waals surface area contributed by atoms with E-state index in [0.29, 0.717) is 0 Å². The number of carboxylic acids is 1. The van der Waals surface area contributed by atoms with Crippen LogP contribution in [-0.4, -0.2) is 22.8 Å². The molecule has 0 saturated heterocycles. The molecule has 0 saturated carbocycles. The number of benzene rings is 1. The van der Waals surface area contributed by atoms with Gasteiger partial charge in [-0.05, 0) is 30.7 Å². The molecule has 18 heavy (non-hydrogen) atoms. The lowest BCUT2D eigenvalue weighted by atomic mass is 10.2. The quantitative estimate of drug-likeness (QED) is 0.763. The minimum Gasteiger partial charge on any atom is -0.508 e. The van der Waals surface area contributed by atoms with E-state index in [1.54, 1.807) is 24.3 Å². The number of phenols is 1. The number of aromatic hydroxyl groups is 1. The van der Waals surface area contributed by atoms with Gasteiger partial charge in [0.1, 0.15) is 11.5 Å². The molecule has 4 nitrogen and oxygen atoms in total. The lowest BCUT2D eigenvalue weighted by Crippen LogP contribution is -1.96. The van der Waals surface area contributed by atoms with Crippen molar-refractivity contribution in [3.8, 4) is 11.5 Å². The summed E-state index contributed by atoms with van der Waals surface area (Å²) in [5.41, 5.74) is 0. The minimum absolute atomic E-state index is 0.281. The Labute approximate surface area is 108 Å². The molecule has 0 fully saturated rings. The number of hydrogen-bond acceptors (Lipinski definition) is 3. The zero-order valence-corrected chi connectivity index (χ0v) is 11.1. The Morgan fingerprint density at radius 2 is 1.72 bits per heavy atom. The number of rotatable bonds is 6. The van der Waals surface area contributed by atoms with Crippen molar-refractivity contribution in [2.75, 3.05) is 6.61 Å². The molecule has 102 valence electrons. The van der Waals surface area contributed by atoms with Gasteiger partial charge in [0.15, 0.2) is 0 Å². The average Bonchev–Trinajstić information content (AvgIpc) is 2.30. The maximum atomic E-state index is 9.04. The van der Waals surface area contributed by atoms with E-state index in [-0.39, 0.29) is 5.75 Å². The first-order valence-corrected chi connectivity index (χ1v) is 6.17. The monoisotopic (exact) mass is 254 g/mol. The average molecular weight is 254 g/mol. The van der Waals surface area contributed by atoms with Crippen LogP contribution in [0.3, 0.4) is 0 Å². The zero-order chi connectivity index (χ0) is 13.8. The molecule has 0 radical (unpaired) electrons. The third-order valence-corrected chi connectivity index (χ3v) is 2.10. The summed E-state index contributed by atoms with van der Waals surface area (Å²) in [6.45, 7) is 4.05. The van der Waals surface area contributed by atoms with E-state index in [2.05, 4.69) is 6.92 Å². The molecule has 1 rings (SSSR count). The molecule has 0 atom stereocenters. The molecule has 4 heteroatoms.